The van der Waals surface area contributed by atoms with Gasteiger partial charge in [-0.2, -0.15) is 0 Å². The summed E-state index contributed by atoms with van der Waals surface area (Å²) in [7, 11) is 0. The molecule has 148 valence electrons. The number of aromatic nitrogens is 2. The van der Waals surface area contributed by atoms with E-state index in [2.05, 4.69) is 16.0 Å². The lowest BCUT2D eigenvalue weighted by Gasteiger charge is -2.10. The number of fused-ring (bicyclic) bond motifs is 1. The van der Waals surface area contributed by atoms with Crippen LogP contribution in [0.3, 0.4) is 0 Å². The number of imidazole rings is 1. The number of unbranched alkanes of at least 4 members (excludes halogenated alkanes) is 2. The summed E-state index contributed by atoms with van der Waals surface area (Å²) in [6, 6.07) is 14.8. The summed E-state index contributed by atoms with van der Waals surface area (Å²) in [5, 5.41) is 2.96. The van der Waals surface area contributed by atoms with Crippen molar-refractivity contribution in [3.63, 3.8) is 0 Å². The van der Waals surface area contributed by atoms with Gasteiger partial charge in [-0.15, -0.1) is 0 Å². The van der Waals surface area contributed by atoms with E-state index < -0.39 is 0 Å². The van der Waals surface area contributed by atoms with Crippen LogP contribution in [0, 0.1) is 11.7 Å². The zero-order chi connectivity index (χ0) is 19.9. The van der Waals surface area contributed by atoms with Crippen molar-refractivity contribution in [3.8, 4) is 0 Å². The Morgan fingerprint density at radius 2 is 1.82 bits per heavy atom. The standard InChI is InChI=1S/C23H28FN3O/c1-17(2)23(28)25-15-7-3-4-10-22-26-20-8-5-6-9-21(20)27(22)16-18-11-13-19(24)14-12-18/h5-6,8-9,11-14,17H,3-4,7,10,15-16H2,1-2H3,(H,25,28). The minimum atomic E-state index is -0.218. The Labute approximate surface area is 165 Å². The number of benzene rings is 2. The van der Waals surface area contributed by atoms with Gasteiger partial charge in [0.1, 0.15) is 11.6 Å². The van der Waals surface area contributed by atoms with Crippen LogP contribution in [0.1, 0.15) is 44.5 Å². The third-order valence-corrected chi connectivity index (χ3v) is 4.89. The van der Waals surface area contributed by atoms with Gasteiger partial charge in [-0.25, -0.2) is 9.37 Å². The Hall–Kier alpha value is -2.69. The predicted molar refractivity (Wildman–Crippen MR) is 111 cm³/mol. The van der Waals surface area contributed by atoms with Gasteiger partial charge in [-0.05, 0) is 42.7 Å². The first-order valence-electron chi connectivity index (χ1n) is 10.0. The van der Waals surface area contributed by atoms with Crippen LogP contribution >= 0.6 is 0 Å². The van der Waals surface area contributed by atoms with E-state index in [0.717, 1.165) is 54.6 Å². The van der Waals surface area contributed by atoms with Crippen molar-refractivity contribution in [3.05, 3.63) is 65.7 Å². The first-order chi connectivity index (χ1) is 13.5. The number of nitrogens with zero attached hydrogens (tertiary/aromatic N) is 2. The Bertz CT molecular complexity index is 915. The molecule has 3 rings (SSSR count). The van der Waals surface area contributed by atoms with E-state index in [4.69, 9.17) is 4.98 Å². The number of carbonyl (C=O) groups excluding carboxylic acids is 1. The number of nitrogens with one attached hydrogen (secondary N) is 1. The summed E-state index contributed by atoms with van der Waals surface area (Å²) in [6.07, 6.45) is 3.91. The van der Waals surface area contributed by atoms with E-state index in [9.17, 15) is 9.18 Å². The maximum absolute atomic E-state index is 13.2. The SMILES string of the molecule is CC(C)C(=O)NCCCCCc1nc2ccccc2n1Cc1ccc(F)cc1. The molecule has 5 heteroatoms. The zero-order valence-corrected chi connectivity index (χ0v) is 16.6. The summed E-state index contributed by atoms with van der Waals surface area (Å²) in [5.41, 5.74) is 3.15. The summed E-state index contributed by atoms with van der Waals surface area (Å²) in [4.78, 5) is 16.4. The van der Waals surface area contributed by atoms with Crippen LogP contribution in [-0.4, -0.2) is 22.0 Å². The molecule has 28 heavy (non-hydrogen) atoms. The molecule has 4 nitrogen and oxygen atoms in total. The van der Waals surface area contributed by atoms with E-state index in [-0.39, 0.29) is 17.6 Å². The smallest absolute Gasteiger partial charge is 0.222 e. The van der Waals surface area contributed by atoms with Crippen molar-refractivity contribution in [2.75, 3.05) is 6.54 Å². The molecule has 2 aromatic carbocycles. The van der Waals surface area contributed by atoms with Crippen molar-refractivity contribution in [1.82, 2.24) is 14.9 Å². The molecule has 0 unspecified atom stereocenters. The molecule has 3 aromatic rings. The number of rotatable bonds is 9. The van der Waals surface area contributed by atoms with Crippen LogP contribution in [-0.2, 0) is 17.8 Å². The Morgan fingerprint density at radius 3 is 2.57 bits per heavy atom. The topological polar surface area (TPSA) is 46.9 Å². The molecule has 0 saturated heterocycles. The van der Waals surface area contributed by atoms with Crippen molar-refractivity contribution >= 4 is 16.9 Å². The molecule has 0 radical (unpaired) electrons. The number of carbonyl (C=O) groups is 1. The van der Waals surface area contributed by atoms with Crippen LogP contribution in [0.5, 0.6) is 0 Å². The molecule has 1 N–H and O–H groups in total. The molecule has 0 saturated carbocycles. The summed E-state index contributed by atoms with van der Waals surface area (Å²) in [6.45, 7) is 5.21. The van der Waals surface area contributed by atoms with Crippen LogP contribution in [0.2, 0.25) is 0 Å². The van der Waals surface area contributed by atoms with E-state index in [1.54, 1.807) is 0 Å². The van der Waals surface area contributed by atoms with E-state index in [1.165, 1.54) is 12.1 Å². The fourth-order valence-corrected chi connectivity index (χ4v) is 3.27. The fourth-order valence-electron chi connectivity index (χ4n) is 3.27. The molecule has 0 atom stereocenters. The number of amides is 1. The van der Waals surface area contributed by atoms with E-state index >= 15 is 0 Å². The molecule has 1 amide bonds. The second-order valence-corrected chi connectivity index (χ2v) is 7.49. The second-order valence-electron chi connectivity index (χ2n) is 7.49. The average Bonchev–Trinajstić information content (AvgIpc) is 3.03. The molecule has 0 fully saturated rings. The monoisotopic (exact) mass is 381 g/mol. The van der Waals surface area contributed by atoms with Gasteiger partial charge in [0.2, 0.25) is 5.91 Å². The first kappa shape index (κ1) is 20.1. The highest BCUT2D eigenvalue weighted by molar-refractivity contribution is 5.77. The maximum Gasteiger partial charge on any atom is 0.222 e. The van der Waals surface area contributed by atoms with Crippen LogP contribution in [0.15, 0.2) is 48.5 Å². The van der Waals surface area contributed by atoms with Gasteiger partial charge < -0.3 is 9.88 Å². The number of aryl methyl sites for hydroxylation is 1. The zero-order valence-electron chi connectivity index (χ0n) is 16.6. The molecule has 1 aromatic heterocycles. The molecular formula is C23H28FN3O. The lowest BCUT2D eigenvalue weighted by molar-refractivity contribution is -0.123. The Balaban J connectivity index is 1.62. The summed E-state index contributed by atoms with van der Waals surface area (Å²) >= 11 is 0. The van der Waals surface area contributed by atoms with Gasteiger partial charge in [0.05, 0.1) is 11.0 Å². The molecular weight excluding hydrogens is 353 g/mol. The molecule has 1 heterocycles. The average molecular weight is 381 g/mol. The van der Waals surface area contributed by atoms with Crippen molar-refractivity contribution in [2.45, 2.75) is 46.1 Å². The van der Waals surface area contributed by atoms with E-state index in [1.807, 2.05) is 44.2 Å². The second kappa shape index (κ2) is 9.49. The van der Waals surface area contributed by atoms with Gasteiger partial charge in [0.25, 0.3) is 0 Å². The molecule has 0 spiro atoms. The van der Waals surface area contributed by atoms with Gasteiger partial charge in [0.15, 0.2) is 0 Å². The van der Waals surface area contributed by atoms with Crippen molar-refractivity contribution < 1.29 is 9.18 Å². The predicted octanol–water partition coefficient (Wildman–Crippen LogP) is 4.71. The van der Waals surface area contributed by atoms with Gasteiger partial charge in [0, 0.05) is 25.4 Å². The Morgan fingerprint density at radius 1 is 1.07 bits per heavy atom. The maximum atomic E-state index is 13.2. The number of halogens is 1. The van der Waals surface area contributed by atoms with Gasteiger partial charge >= 0.3 is 0 Å². The van der Waals surface area contributed by atoms with Gasteiger partial charge in [-0.1, -0.05) is 44.5 Å². The third kappa shape index (κ3) is 5.18. The quantitative estimate of drug-likeness (QED) is 0.546. The normalized spacial score (nSPS) is 11.3. The van der Waals surface area contributed by atoms with Crippen LogP contribution in [0.4, 0.5) is 4.39 Å². The van der Waals surface area contributed by atoms with Gasteiger partial charge in [-0.3, -0.25) is 4.79 Å². The van der Waals surface area contributed by atoms with Crippen molar-refractivity contribution in [2.24, 2.45) is 5.92 Å². The number of hydrogen-bond donors (Lipinski definition) is 1. The first-order valence-corrected chi connectivity index (χ1v) is 10.0. The minimum Gasteiger partial charge on any atom is -0.356 e. The molecule has 0 aliphatic heterocycles. The lowest BCUT2D eigenvalue weighted by atomic mass is 10.1. The summed E-state index contributed by atoms with van der Waals surface area (Å²) in [5.74, 6) is 0.980. The summed E-state index contributed by atoms with van der Waals surface area (Å²) < 4.78 is 15.4. The molecule has 0 aliphatic rings. The third-order valence-electron chi connectivity index (χ3n) is 4.89. The van der Waals surface area contributed by atoms with Crippen molar-refractivity contribution in [1.29, 1.82) is 0 Å². The minimum absolute atomic E-state index is 0.0337. The highest BCUT2D eigenvalue weighted by Crippen LogP contribution is 2.20. The molecule has 0 bridgehead atoms. The van der Waals surface area contributed by atoms with Crippen LogP contribution in [0.25, 0.3) is 11.0 Å². The lowest BCUT2D eigenvalue weighted by Crippen LogP contribution is -2.28. The number of para-hydroxylation sites is 2. The van der Waals surface area contributed by atoms with Crippen LogP contribution < -0.4 is 5.32 Å². The number of hydrogen-bond acceptors (Lipinski definition) is 2. The molecule has 0 aliphatic carbocycles. The highest BCUT2D eigenvalue weighted by Gasteiger charge is 2.11. The highest BCUT2D eigenvalue weighted by atomic mass is 19.1. The van der Waals surface area contributed by atoms with E-state index in [0.29, 0.717) is 6.54 Å². The Kier molecular flexibility index (Phi) is 6.80. The largest absolute Gasteiger partial charge is 0.356 e. The fraction of sp³-hybridized carbons (Fsp3) is 0.391.